The van der Waals surface area contributed by atoms with Crippen molar-refractivity contribution in [1.82, 2.24) is 4.57 Å². The summed E-state index contributed by atoms with van der Waals surface area (Å²) in [6.45, 7) is 0.100. The number of benzene rings is 2. The number of aromatic nitrogens is 1. The van der Waals surface area contributed by atoms with Crippen LogP contribution in [-0.2, 0) is 18.0 Å². The Morgan fingerprint density at radius 3 is 2.58 bits per heavy atom. The van der Waals surface area contributed by atoms with Crippen LogP contribution in [0.2, 0.25) is 0 Å². The first-order valence-corrected chi connectivity index (χ1v) is 8.83. The highest BCUT2D eigenvalue weighted by Gasteiger charge is 2.09. The molecule has 0 radical (unpaired) electrons. The maximum Gasteiger partial charge on any atom is 0.223 e. The molecular formula is C20H18BrNO4. The van der Waals surface area contributed by atoms with Crippen molar-refractivity contribution in [2.45, 2.75) is 13.2 Å². The number of hydrogen-bond donors (Lipinski definition) is 1. The van der Waals surface area contributed by atoms with Crippen LogP contribution < -0.4 is 10.2 Å². The summed E-state index contributed by atoms with van der Waals surface area (Å²) in [7, 11) is 0. The Kier molecular flexibility index (Phi) is 6.22. The van der Waals surface area contributed by atoms with Gasteiger partial charge in [-0.15, -0.1) is 0 Å². The molecule has 1 heterocycles. The highest BCUT2D eigenvalue weighted by Crippen LogP contribution is 2.19. The van der Waals surface area contributed by atoms with Gasteiger partial charge < -0.3 is 19.1 Å². The van der Waals surface area contributed by atoms with Crippen LogP contribution in [0.3, 0.4) is 0 Å². The van der Waals surface area contributed by atoms with Crippen LogP contribution in [0.15, 0.2) is 76.1 Å². The van der Waals surface area contributed by atoms with Crippen LogP contribution >= 0.6 is 15.9 Å². The molecule has 1 aromatic heterocycles. The van der Waals surface area contributed by atoms with E-state index in [2.05, 4.69) is 15.9 Å². The topological polar surface area (TPSA) is 60.7 Å². The number of aliphatic hydroxyl groups excluding tert-OH is 1. The van der Waals surface area contributed by atoms with Gasteiger partial charge in [-0.25, -0.2) is 0 Å². The SMILES string of the molecule is O=c1cc(CO)n(-c2cccc(Br)c2)cc1OCOCc1ccccc1. The maximum absolute atomic E-state index is 12.2. The number of aliphatic hydroxyl groups is 1. The van der Waals surface area contributed by atoms with Gasteiger partial charge in [-0.2, -0.15) is 0 Å². The van der Waals surface area contributed by atoms with E-state index in [-0.39, 0.29) is 24.6 Å². The quantitative estimate of drug-likeness (QED) is 0.472. The molecular weight excluding hydrogens is 398 g/mol. The molecule has 0 amide bonds. The van der Waals surface area contributed by atoms with Gasteiger partial charge in [0.2, 0.25) is 5.43 Å². The van der Waals surface area contributed by atoms with E-state index >= 15 is 0 Å². The molecule has 0 aliphatic heterocycles. The summed E-state index contributed by atoms with van der Waals surface area (Å²) in [5, 5.41) is 9.57. The van der Waals surface area contributed by atoms with Crippen molar-refractivity contribution in [3.63, 3.8) is 0 Å². The largest absolute Gasteiger partial charge is 0.462 e. The molecule has 0 fully saturated rings. The van der Waals surface area contributed by atoms with E-state index in [0.717, 1.165) is 15.7 Å². The van der Waals surface area contributed by atoms with Gasteiger partial charge in [0.25, 0.3) is 0 Å². The summed E-state index contributed by atoms with van der Waals surface area (Å²) in [5.41, 5.74) is 2.01. The summed E-state index contributed by atoms with van der Waals surface area (Å²) in [6.07, 6.45) is 1.57. The second-order valence-corrected chi connectivity index (χ2v) is 6.51. The Hall–Kier alpha value is -2.41. The Balaban J connectivity index is 1.75. The maximum atomic E-state index is 12.2. The van der Waals surface area contributed by atoms with Crippen LogP contribution in [-0.4, -0.2) is 16.5 Å². The van der Waals surface area contributed by atoms with E-state index in [9.17, 15) is 9.90 Å². The Bertz CT molecular complexity index is 925. The number of rotatable bonds is 7. The first kappa shape index (κ1) is 18.4. The lowest BCUT2D eigenvalue weighted by molar-refractivity contribution is 0.00413. The molecule has 1 N–H and O–H groups in total. The predicted molar refractivity (Wildman–Crippen MR) is 102 cm³/mol. The third-order valence-corrected chi connectivity index (χ3v) is 4.25. The van der Waals surface area contributed by atoms with Crippen molar-refractivity contribution in [2.24, 2.45) is 0 Å². The fourth-order valence-electron chi connectivity index (χ4n) is 2.49. The van der Waals surface area contributed by atoms with E-state index in [0.29, 0.717) is 12.3 Å². The lowest BCUT2D eigenvalue weighted by atomic mass is 10.2. The smallest absolute Gasteiger partial charge is 0.223 e. The molecule has 5 nitrogen and oxygen atoms in total. The molecule has 0 atom stereocenters. The normalized spacial score (nSPS) is 10.7. The number of ether oxygens (including phenoxy) is 2. The molecule has 0 spiro atoms. The highest BCUT2D eigenvalue weighted by molar-refractivity contribution is 9.10. The molecule has 0 aliphatic rings. The lowest BCUT2D eigenvalue weighted by Gasteiger charge is -2.15. The monoisotopic (exact) mass is 415 g/mol. The number of hydrogen-bond acceptors (Lipinski definition) is 4. The van der Waals surface area contributed by atoms with Crippen LogP contribution in [0.25, 0.3) is 5.69 Å². The van der Waals surface area contributed by atoms with Crippen molar-refractivity contribution in [2.75, 3.05) is 6.79 Å². The van der Waals surface area contributed by atoms with Crippen molar-refractivity contribution in [3.05, 3.63) is 92.8 Å². The fourth-order valence-corrected chi connectivity index (χ4v) is 2.88. The molecule has 0 unspecified atom stereocenters. The number of pyridine rings is 1. The highest BCUT2D eigenvalue weighted by atomic mass is 79.9. The van der Waals surface area contributed by atoms with Crippen molar-refractivity contribution in [1.29, 1.82) is 0 Å². The van der Waals surface area contributed by atoms with E-state index in [1.54, 1.807) is 10.8 Å². The van der Waals surface area contributed by atoms with Gasteiger partial charge in [0, 0.05) is 16.2 Å². The van der Waals surface area contributed by atoms with Gasteiger partial charge in [-0.3, -0.25) is 4.79 Å². The van der Waals surface area contributed by atoms with Crippen LogP contribution in [0.1, 0.15) is 11.3 Å². The van der Waals surface area contributed by atoms with E-state index in [1.807, 2.05) is 54.6 Å². The molecule has 6 heteroatoms. The third kappa shape index (κ3) is 4.60. The molecule has 134 valence electrons. The van der Waals surface area contributed by atoms with Gasteiger partial charge in [-0.1, -0.05) is 52.3 Å². The zero-order chi connectivity index (χ0) is 18.4. The second-order valence-electron chi connectivity index (χ2n) is 5.60. The summed E-state index contributed by atoms with van der Waals surface area (Å²) >= 11 is 3.42. The molecule has 0 aliphatic carbocycles. The van der Waals surface area contributed by atoms with E-state index < -0.39 is 0 Å². The number of nitrogens with zero attached hydrogens (tertiary/aromatic N) is 1. The molecule has 3 rings (SSSR count). The van der Waals surface area contributed by atoms with Gasteiger partial charge in [0.05, 0.1) is 25.1 Å². The van der Waals surface area contributed by atoms with Crippen molar-refractivity contribution in [3.8, 4) is 11.4 Å². The van der Waals surface area contributed by atoms with Gasteiger partial charge in [0.15, 0.2) is 12.5 Å². The van der Waals surface area contributed by atoms with Crippen LogP contribution in [0.4, 0.5) is 0 Å². The standard InChI is InChI=1S/C20H18BrNO4/c21-16-7-4-8-17(9-16)22-11-20(19(24)10-18(22)12-23)26-14-25-13-15-5-2-1-3-6-15/h1-11,23H,12-14H2. The minimum atomic E-state index is -0.302. The summed E-state index contributed by atoms with van der Waals surface area (Å²) in [6, 6.07) is 18.6. The average molecular weight is 416 g/mol. The van der Waals surface area contributed by atoms with Gasteiger partial charge in [0.1, 0.15) is 0 Å². The van der Waals surface area contributed by atoms with E-state index in [1.165, 1.54) is 6.07 Å². The number of halogens is 1. The summed E-state index contributed by atoms with van der Waals surface area (Å²) in [4.78, 5) is 12.2. The molecule has 0 saturated carbocycles. The van der Waals surface area contributed by atoms with Gasteiger partial charge >= 0.3 is 0 Å². The zero-order valence-corrected chi connectivity index (χ0v) is 15.6. The van der Waals surface area contributed by atoms with Crippen LogP contribution in [0.5, 0.6) is 5.75 Å². The fraction of sp³-hybridized carbons (Fsp3) is 0.150. The zero-order valence-electron chi connectivity index (χ0n) is 14.0. The molecule has 2 aromatic carbocycles. The van der Waals surface area contributed by atoms with Crippen LogP contribution in [0, 0.1) is 0 Å². The summed E-state index contributed by atoms with van der Waals surface area (Å²) in [5.74, 6) is 0.162. The molecule has 0 bridgehead atoms. The molecule has 3 aromatic rings. The Morgan fingerprint density at radius 2 is 1.85 bits per heavy atom. The first-order chi connectivity index (χ1) is 12.7. The second kappa shape index (κ2) is 8.80. The minimum Gasteiger partial charge on any atom is -0.462 e. The third-order valence-electron chi connectivity index (χ3n) is 3.75. The summed E-state index contributed by atoms with van der Waals surface area (Å²) < 4.78 is 13.6. The molecule has 0 saturated heterocycles. The van der Waals surface area contributed by atoms with E-state index in [4.69, 9.17) is 9.47 Å². The molecule has 26 heavy (non-hydrogen) atoms. The average Bonchev–Trinajstić information content (AvgIpc) is 2.66. The lowest BCUT2D eigenvalue weighted by Crippen LogP contribution is -2.16. The van der Waals surface area contributed by atoms with Crippen molar-refractivity contribution >= 4 is 15.9 Å². The first-order valence-electron chi connectivity index (χ1n) is 8.04. The van der Waals surface area contributed by atoms with Crippen molar-refractivity contribution < 1.29 is 14.6 Å². The Labute approximate surface area is 159 Å². The van der Waals surface area contributed by atoms with Gasteiger partial charge in [-0.05, 0) is 23.8 Å². The Morgan fingerprint density at radius 1 is 1.04 bits per heavy atom. The minimum absolute atomic E-state index is 0.0406. The predicted octanol–water partition coefficient (Wildman–Crippen LogP) is 3.65.